The van der Waals surface area contributed by atoms with Gasteiger partial charge in [0.1, 0.15) is 11.9 Å². The highest BCUT2D eigenvalue weighted by atomic mass is 16.7. The molecular weight excluding hydrogens is 352 g/mol. The van der Waals surface area contributed by atoms with Gasteiger partial charge in [0.2, 0.25) is 6.29 Å². The van der Waals surface area contributed by atoms with Crippen LogP contribution in [0, 0.1) is 11.8 Å². The standard InChI is InChI=1S/C20H16O7/c1-24-17(22)14-9-25-19-15-12(14)6-7-20(15)16(26-19)13(18(23)27-20)8-10-2-4-11(21)5-3-10/h2-9,12,15-16,19,21H,1H3/b13-8+/t12-,15-,16+,19-,20+/m1/s1. The van der Waals surface area contributed by atoms with Crippen LogP contribution in [0.15, 0.2) is 53.8 Å². The molecule has 3 heterocycles. The van der Waals surface area contributed by atoms with E-state index in [1.54, 1.807) is 36.4 Å². The molecule has 5 rings (SSSR count). The van der Waals surface area contributed by atoms with Crippen molar-refractivity contribution in [1.29, 1.82) is 0 Å². The molecule has 138 valence electrons. The maximum atomic E-state index is 12.6. The molecule has 0 bridgehead atoms. The van der Waals surface area contributed by atoms with E-state index in [-0.39, 0.29) is 17.6 Å². The average Bonchev–Trinajstić information content (AvgIpc) is 3.27. The summed E-state index contributed by atoms with van der Waals surface area (Å²) < 4.78 is 22.2. The van der Waals surface area contributed by atoms with Crippen molar-refractivity contribution >= 4 is 18.0 Å². The Hall–Kier alpha value is -3.06. The summed E-state index contributed by atoms with van der Waals surface area (Å²) in [5, 5.41) is 9.43. The number of phenols is 1. The summed E-state index contributed by atoms with van der Waals surface area (Å²) in [7, 11) is 1.31. The second kappa shape index (κ2) is 5.47. The number of benzene rings is 1. The van der Waals surface area contributed by atoms with E-state index in [1.165, 1.54) is 13.4 Å². The molecule has 5 atom stereocenters. The molecule has 27 heavy (non-hydrogen) atoms. The molecule has 1 aromatic rings. The van der Waals surface area contributed by atoms with E-state index in [0.717, 1.165) is 5.56 Å². The molecule has 7 heteroatoms. The van der Waals surface area contributed by atoms with Crippen molar-refractivity contribution in [3.63, 3.8) is 0 Å². The predicted octanol–water partition coefficient (Wildman–Crippen LogP) is 1.69. The Balaban J connectivity index is 1.53. The minimum atomic E-state index is -0.997. The first-order valence-corrected chi connectivity index (χ1v) is 8.56. The second-order valence-corrected chi connectivity index (χ2v) is 6.93. The Morgan fingerprint density at radius 3 is 2.81 bits per heavy atom. The molecule has 1 aromatic carbocycles. The molecule has 1 N–H and O–H groups in total. The van der Waals surface area contributed by atoms with Crippen LogP contribution in [0.1, 0.15) is 5.56 Å². The highest BCUT2D eigenvalue weighted by molar-refractivity contribution is 5.99. The molecule has 7 nitrogen and oxygen atoms in total. The summed E-state index contributed by atoms with van der Waals surface area (Å²) in [4.78, 5) is 24.6. The average molecular weight is 368 g/mol. The molecule has 0 amide bonds. The fraction of sp³-hybridized carbons (Fsp3) is 0.300. The molecule has 0 aromatic heterocycles. The minimum absolute atomic E-state index is 0.141. The van der Waals surface area contributed by atoms with Crippen molar-refractivity contribution in [3.8, 4) is 5.75 Å². The van der Waals surface area contributed by atoms with Crippen molar-refractivity contribution in [2.75, 3.05) is 7.11 Å². The Bertz CT molecular complexity index is 926. The third-order valence-electron chi connectivity index (χ3n) is 5.56. The van der Waals surface area contributed by atoms with Crippen LogP contribution in [0.2, 0.25) is 0 Å². The van der Waals surface area contributed by atoms with E-state index >= 15 is 0 Å². The number of methoxy groups -OCH3 is 1. The lowest BCUT2D eigenvalue weighted by Crippen LogP contribution is -2.43. The van der Waals surface area contributed by atoms with Gasteiger partial charge in [-0.25, -0.2) is 9.59 Å². The van der Waals surface area contributed by atoms with E-state index < -0.39 is 29.9 Å². The van der Waals surface area contributed by atoms with Crippen LogP contribution in [0.3, 0.4) is 0 Å². The number of carbonyl (C=O) groups is 2. The zero-order valence-corrected chi connectivity index (χ0v) is 14.3. The molecule has 0 saturated carbocycles. The fourth-order valence-electron chi connectivity index (χ4n) is 4.35. The summed E-state index contributed by atoms with van der Waals surface area (Å²) in [6.07, 6.45) is 5.45. The van der Waals surface area contributed by atoms with Gasteiger partial charge >= 0.3 is 11.9 Å². The first-order chi connectivity index (χ1) is 13.0. The normalized spacial score (nSPS) is 36.7. The number of allylic oxidation sites excluding steroid dienone is 1. The topological polar surface area (TPSA) is 91.3 Å². The summed E-state index contributed by atoms with van der Waals surface area (Å²) in [5.74, 6) is -1.46. The van der Waals surface area contributed by atoms with Crippen molar-refractivity contribution in [2.45, 2.75) is 18.0 Å². The number of aromatic hydroxyl groups is 1. The largest absolute Gasteiger partial charge is 0.508 e. The van der Waals surface area contributed by atoms with E-state index in [0.29, 0.717) is 11.1 Å². The number of phenolic OH excluding ortho intramolecular Hbond substituents is 1. The Morgan fingerprint density at radius 2 is 2.07 bits per heavy atom. The molecule has 4 aliphatic rings. The van der Waals surface area contributed by atoms with Gasteiger partial charge in [-0.05, 0) is 29.8 Å². The maximum Gasteiger partial charge on any atom is 0.337 e. The lowest BCUT2D eigenvalue weighted by Gasteiger charge is -2.32. The van der Waals surface area contributed by atoms with Crippen LogP contribution >= 0.6 is 0 Å². The van der Waals surface area contributed by atoms with Crippen molar-refractivity contribution in [1.82, 2.24) is 0 Å². The van der Waals surface area contributed by atoms with Crippen LogP contribution in [-0.4, -0.2) is 42.1 Å². The first kappa shape index (κ1) is 16.1. The molecule has 2 saturated heterocycles. The van der Waals surface area contributed by atoms with Gasteiger partial charge in [0.25, 0.3) is 0 Å². The highest BCUT2D eigenvalue weighted by Gasteiger charge is 2.70. The summed E-state index contributed by atoms with van der Waals surface area (Å²) in [6.45, 7) is 0. The number of esters is 2. The lowest BCUT2D eigenvalue weighted by molar-refractivity contribution is -0.152. The van der Waals surface area contributed by atoms with Crippen LogP contribution in [0.25, 0.3) is 6.08 Å². The Kier molecular flexibility index (Phi) is 3.27. The van der Waals surface area contributed by atoms with Gasteiger partial charge in [0, 0.05) is 5.92 Å². The highest BCUT2D eigenvalue weighted by Crippen LogP contribution is 2.58. The smallest absolute Gasteiger partial charge is 0.337 e. The fourth-order valence-corrected chi connectivity index (χ4v) is 4.35. The van der Waals surface area contributed by atoms with Crippen LogP contribution in [0.4, 0.5) is 0 Å². The SMILES string of the molecule is COC(=O)C1=CO[C@@H]2O[C@H]3/C(=C\c4ccc(O)cc4)C(=O)O[C@]34C=C[C@H]1[C@H]24. The molecule has 2 fully saturated rings. The van der Waals surface area contributed by atoms with Crippen LogP contribution in [-0.2, 0) is 28.5 Å². The van der Waals surface area contributed by atoms with Crippen LogP contribution in [0.5, 0.6) is 5.75 Å². The molecule has 0 radical (unpaired) electrons. The number of hydrogen-bond donors (Lipinski definition) is 1. The monoisotopic (exact) mass is 368 g/mol. The Morgan fingerprint density at radius 1 is 1.30 bits per heavy atom. The van der Waals surface area contributed by atoms with Gasteiger partial charge in [-0.1, -0.05) is 18.2 Å². The van der Waals surface area contributed by atoms with Gasteiger partial charge in [0.15, 0.2) is 5.60 Å². The molecular formula is C20H16O7. The van der Waals surface area contributed by atoms with Gasteiger partial charge in [-0.2, -0.15) is 0 Å². The van der Waals surface area contributed by atoms with E-state index in [4.69, 9.17) is 18.9 Å². The number of hydrogen-bond acceptors (Lipinski definition) is 7. The minimum Gasteiger partial charge on any atom is -0.508 e. The Labute approximate surface area is 154 Å². The van der Waals surface area contributed by atoms with Crippen LogP contribution < -0.4 is 0 Å². The van der Waals surface area contributed by atoms with Crippen molar-refractivity contribution < 1.29 is 33.6 Å². The van der Waals surface area contributed by atoms with E-state index in [9.17, 15) is 14.7 Å². The first-order valence-electron chi connectivity index (χ1n) is 8.56. The number of carbonyl (C=O) groups excluding carboxylic acids is 2. The van der Waals surface area contributed by atoms with Crippen molar-refractivity contribution in [3.05, 3.63) is 59.4 Å². The molecule has 3 aliphatic heterocycles. The van der Waals surface area contributed by atoms with E-state index in [2.05, 4.69) is 0 Å². The maximum absolute atomic E-state index is 12.6. The molecule has 1 aliphatic carbocycles. The third kappa shape index (κ3) is 2.12. The second-order valence-electron chi connectivity index (χ2n) is 6.93. The number of rotatable bonds is 2. The van der Waals surface area contributed by atoms with E-state index in [1.807, 2.05) is 6.08 Å². The van der Waals surface area contributed by atoms with Gasteiger partial charge < -0.3 is 24.1 Å². The quantitative estimate of drug-likeness (QED) is 0.482. The predicted molar refractivity (Wildman–Crippen MR) is 90.9 cm³/mol. The molecule has 0 unspecified atom stereocenters. The summed E-state index contributed by atoms with van der Waals surface area (Å²) in [6, 6.07) is 6.48. The van der Waals surface area contributed by atoms with Crippen molar-refractivity contribution in [2.24, 2.45) is 11.8 Å². The van der Waals surface area contributed by atoms with Gasteiger partial charge in [0.05, 0.1) is 30.4 Å². The summed E-state index contributed by atoms with van der Waals surface area (Å²) >= 11 is 0. The van der Waals surface area contributed by atoms with Gasteiger partial charge in [-0.15, -0.1) is 0 Å². The zero-order valence-electron chi connectivity index (χ0n) is 14.3. The molecule has 1 spiro atoms. The third-order valence-corrected chi connectivity index (χ3v) is 5.56. The lowest BCUT2D eigenvalue weighted by atomic mass is 9.78. The number of ether oxygens (including phenoxy) is 4. The zero-order chi connectivity index (χ0) is 18.8. The van der Waals surface area contributed by atoms with Gasteiger partial charge in [-0.3, -0.25) is 0 Å². The summed E-state index contributed by atoms with van der Waals surface area (Å²) in [5.41, 5.74) is 0.498.